The minimum Gasteiger partial charge on any atom is -0.436 e. The summed E-state index contributed by atoms with van der Waals surface area (Å²) in [7, 11) is 0. The van der Waals surface area contributed by atoms with Gasteiger partial charge in [-0.1, -0.05) is 17.7 Å². The van der Waals surface area contributed by atoms with Gasteiger partial charge in [-0.15, -0.1) is 0 Å². The fourth-order valence-electron chi connectivity index (χ4n) is 2.84. The highest BCUT2D eigenvalue weighted by Crippen LogP contribution is 2.29. The molecule has 1 amide bonds. The minimum atomic E-state index is -0.511. The number of hydrogen-bond acceptors (Lipinski definition) is 5. The maximum atomic E-state index is 12.5. The van der Waals surface area contributed by atoms with Gasteiger partial charge in [0.2, 0.25) is 5.89 Å². The maximum Gasteiger partial charge on any atom is 0.269 e. The molecule has 7 nitrogen and oxygen atoms in total. The van der Waals surface area contributed by atoms with Crippen molar-refractivity contribution in [3.63, 3.8) is 0 Å². The number of hydrogen-bond donors (Lipinski definition) is 1. The molecule has 0 radical (unpaired) electrons. The zero-order chi connectivity index (χ0) is 20.5. The van der Waals surface area contributed by atoms with E-state index < -0.39 is 4.92 Å². The van der Waals surface area contributed by atoms with Crippen LogP contribution in [0.15, 0.2) is 65.1 Å². The van der Waals surface area contributed by atoms with Crippen LogP contribution in [-0.4, -0.2) is 15.8 Å². The number of benzene rings is 3. The molecule has 1 heterocycles. The molecule has 0 spiro atoms. The van der Waals surface area contributed by atoms with E-state index in [0.29, 0.717) is 38.8 Å². The van der Waals surface area contributed by atoms with Gasteiger partial charge < -0.3 is 9.73 Å². The third-order valence-corrected chi connectivity index (χ3v) is 4.66. The molecule has 1 N–H and O–H groups in total. The molecule has 3 aromatic carbocycles. The van der Waals surface area contributed by atoms with Gasteiger partial charge in [0, 0.05) is 34.0 Å². The number of fused-ring (bicyclic) bond motifs is 1. The molecule has 1 aromatic heterocycles. The SMILES string of the molecule is Cc1ccc(-c2nc3cc(Cl)ccc3o2)cc1NC(=O)c1ccc([N+](=O)[O-])cc1. The number of halogens is 1. The number of rotatable bonds is 4. The van der Waals surface area contributed by atoms with Crippen molar-refractivity contribution in [2.24, 2.45) is 0 Å². The highest BCUT2D eigenvalue weighted by molar-refractivity contribution is 6.31. The number of nitro benzene ring substituents is 1. The second-order valence-electron chi connectivity index (χ2n) is 6.42. The number of amides is 1. The molecule has 0 fully saturated rings. The van der Waals surface area contributed by atoms with Gasteiger partial charge in [-0.2, -0.15) is 0 Å². The fraction of sp³-hybridized carbons (Fsp3) is 0.0476. The number of carbonyl (C=O) groups is 1. The molecule has 29 heavy (non-hydrogen) atoms. The molecule has 8 heteroatoms. The topological polar surface area (TPSA) is 98.3 Å². The number of nitrogens with zero attached hydrogens (tertiary/aromatic N) is 2. The van der Waals surface area contributed by atoms with Crippen molar-refractivity contribution >= 4 is 40.0 Å². The lowest BCUT2D eigenvalue weighted by Crippen LogP contribution is -2.12. The standard InChI is InChI=1S/C21H14ClN3O4/c1-12-2-3-14(21-24-18-11-15(22)6-9-19(18)29-21)10-17(12)23-20(26)13-4-7-16(8-5-13)25(27)28/h2-11H,1H3,(H,23,26). The number of aromatic nitrogens is 1. The summed E-state index contributed by atoms with van der Waals surface area (Å²) < 4.78 is 5.78. The lowest BCUT2D eigenvalue weighted by molar-refractivity contribution is -0.384. The molecular formula is C21H14ClN3O4. The van der Waals surface area contributed by atoms with Crippen LogP contribution in [0.4, 0.5) is 11.4 Å². The van der Waals surface area contributed by atoms with Crippen LogP contribution >= 0.6 is 11.6 Å². The largest absolute Gasteiger partial charge is 0.436 e. The van der Waals surface area contributed by atoms with E-state index >= 15 is 0 Å². The van der Waals surface area contributed by atoms with E-state index in [1.54, 1.807) is 24.3 Å². The van der Waals surface area contributed by atoms with Gasteiger partial charge in [-0.3, -0.25) is 14.9 Å². The van der Waals surface area contributed by atoms with Gasteiger partial charge in [0.05, 0.1) is 4.92 Å². The molecule has 0 saturated carbocycles. The number of nitro groups is 1. The lowest BCUT2D eigenvalue weighted by atomic mass is 10.1. The lowest BCUT2D eigenvalue weighted by Gasteiger charge is -2.09. The van der Waals surface area contributed by atoms with Crippen LogP contribution in [0.2, 0.25) is 5.02 Å². The first-order valence-electron chi connectivity index (χ1n) is 8.63. The van der Waals surface area contributed by atoms with Crippen LogP contribution in [0.25, 0.3) is 22.6 Å². The Morgan fingerprint density at radius 3 is 2.59 bits per heavy atom. The fourth-order valence-corrected chi connectivity index (χ4v) is 3.01. The van der Waals surface area contributed by atoms with Crippen molar-refractivity contribution in [3.8, 4) is 11.5 Å². The Balaban J connectivity index is 1.62. The van der Waals surface area contributed by atoms with Crippen molar-refractivity contribution in [1.29, 1.82) is 0 Å². The summed E-state index contributed by atoms with van der Waals surface area (Å²) in [4.78, 5) is 27.2. The summed E-state index contributed by atoms with van der Waals surface area (Å²) >= 11 is 6.00. The summed E-state index contributed by atoms with van der Waals surface area (Å²) in [6.45, 7) is 1.86. The third-order valence-electron chi connectivity index (χ3n) is 4.42. The smallest absolute Gasteiger partial charge is 0.269 e. The number of nitrogens with one attached hydrogen (secondary N) is 1. The Bertz CT molecular complexity index is 1250. The second kappa shape index (κ2) is 7.37. The summed E-state index contributed by atoms with van der Waals surface area (Å²) in [5, 5.41) is 14.2. The molecule has 4 aromatic rings. The molecule has 144 valence electrons. The van der Waals surface area contributed by atoms with E-state index in [1.807, 2.05) is 19.1 Å². The van der Waals surface area contributed by atoms with Crippen LogP contribution in [0, 0.1) is 17.0 Å². The number of oxazole rings is 1. The van der Waals surface area contributed by atoms with E-state index in [4.69, 9.17) is 16.0 Å². The Labute approximate surface area is 170 Å². The Morgan fingerprint density at radius 2 is 1.86 bits per heavy atom. The zero-order valence-electron chi connectivity index (χ0n) is 15.2. The van der Waals surface area contributed by atoms with Crippen LogP contribution in [0.1, 0.15) is 15.9 Å². The number of anilines is 1. The average Bonchev–Trinajstić information content (AvgIpc) is 3.12. The Kier molecular flexibility index (Phi) is 4.74. The summed E-state index contributed by atoms with van der Waals surface area (Å²) in [6, 6.07) is 16.1. The van der Waals surface area contributed by atoms with Gasteiger partial charge in [-0.25, -0.2) is 4.98 Å². The van der Waals surface area contributed by atoms with Gasteiger partial charge in [0.25, 0.3) is 11.6 Å². The molecule has 0 atom stereocenters. The van der Waals surface area contributed by atoms with Gasteiger partial charge >= 0.3 is 0 Å². The zero-order valence-corrected chi connectivity index (χ0v) is 15.9. The van der Waals surface area contributed by atoms with Crippen LogP contribution in [0.5, 0.6) is 0 Å². The van der Waals surface area contributed by atoms with Crippen molar-refractivity contribution in [1.82, 2.24) is 4.98 Å². The van der Waals surface area contributed by atoms with Gasteiger partial charge in [0.15, 0.2) is 5.58 Å². The van der Waals surface area contributed by atoms with Crippen LogP contribution in [0.3, 0.4) is 0 Å². The number of aryl methyl sites for hydroxylation is 1. The normalized spacial score (nSPS) is 10.8. The van der Waals surface area contributed by atoms with Crippen molar-refractivity contribution < 1.29 is 14.1 Å². The second-order valence-corrected chi connectivity index (χ2v) is 6.86. The van der Waals surface area contributed by atoms with E-state index in [9.17, 15) is 14.9 Å². The van der Waals surface area contributed by atoms with E-state index in [0.717, 1.165) is 5.56 Å². The van der Waals surface area contributed by atoms with Crippen molar-refractivity contribution in [3.05, 3.63) is 86.9 Å². The van der Waals surface area contributed by atoms with Gasteiger partial charge in [0.1, 0.15) is 5.52 Å². The molecular weight excluding hydrogens is 394 g/mol. The number of carbonyl (C=O) groups excluding carboxylic acids is 1. The maximum absolute atomic E-state index is 12.5. The number of non-ortho nitro benzene ring substituents is 1. The first-order chi connectivity index (χ1) is 13.9. The molecule has 0 aliphatic heterocycles. The highest BCUT2D eigenvalue weighted by Gasteiger charge is 2.14. The first kappa shape index (κ1) is 18.6. The summed E-state index contributed by atoms with van der Waals surface area (Å²) in [5.74, 6) is 0.0394. The minimum absolute atomic E-state index is 0.0733. The van der Waals surface area contributed by atoms with E-state index in [1.165, 1.54) is 24.3 Å². The third kappa shape index (κ3) is 3.81. The highest BCUT2D eigenvalue weighted by atomic mass is 35.5. The monoisotopic (exact) mass is 407 g/mol. The predicted octanol–water partition coefficient (Wildman–Crippen LogP) is 5.62. The van der Waals surface area contributed by atoms with Crippen LogP contribution < -0.4 is 5.32 Å². The predicted molar refractivity (Wildman–Crippen MR) is 110 cm³/mol. The van der Waals surface area contributed by atoms with Gasteiger partial charge in [-0.05, 0) is 55.0 Å². The van der Waals surface area contributed by atoms with E-state index in [2.05, 4.69) is 10.3 Å². The van der Waals surface area contributed by atoms with Crippen LogP contribution in [-0.2, 0) is 0 Å². The molecule has 0 aliphatic carbocycles. The quantitative estimate of drug-likeness (QED) is 0.350. The molecule has 4 rings (SSSR count). The molecule has 0 saturated heterocycles. The van der Waals surface area contributed by atoms with Crippen molar-refractivity contribution in [2.75, 3.05) is 5.32 Å². The first-order valence-corrected chi connectivity index (χ1v) is 9.01. The average molecular weight is 408 g/mol. The molecule has 0 bridgehead atoms. The Morgan fingerprint density at radius 1 is 1.10 bits per heavy atom. The molecule has 0 unspecified atom stereocenters. The Hall–Kier alpha value is -3.71. The van der Waals surface area contributed by atoms with E-state index in [-0.39, 0.29) is 11.6 Å². The summed E-state index contributed by atoms with van der Waals surface area (Å²) in [5.41, 5.74) is 3.63. The molecule has 0 aliphatic rings. The summed E-state index contributed by atoms with van der Waals surface area (Å²) in [6.07, 6.45) is 0. The van der Waals surface area contributed by atoms with Crippen molar-refractivity contribution in [2.45, 2.75) is 6.92 Å².